The lowest BCUT2D eigenvalue weighted by Crippen LogP contribution is -2.16. The summed E-state index contributed by atoms with van der Waals surface area (Å²) in [6.07, 6.45) is 0. The predicted molar refractivity (Wildman–Crippen MR) is 183 cm³/mol. The summed E-state index contributed by atoms with van der Waals surface area (Å²) in [5.74, 6) is 1.54. The molecule has 0 bridgehead atoms. The first-order valence-electron chi connectivity index (χ1n) is 14.1. The van der Waals surface area contributed by atoms with Crippen LogP contribution >= 0.6 is 24.4 Å². The van der Waals surface area contributed by atoms with Gasteiger partial charge in [0.25, 0.3) is 0 Å². The topological polar surface area (TPSA) is 63.0 Å². The zero-order valence-electron chi connectivity index (χ0n) is 23.9. The first-order chi connectivity index (χ1) is 22.0. The minimum absolute atomic E-state index is 0.153. The number of nitrogens with zero attached hydrogens (tertiary/aromatic N) is 5. The summed E-state index contributed by atoms with van der Waals surface area (Å²) in [4.78, 5) is 19.6. The highest BCUT2D eigenvalue weighted by atomic mass is 32.1. The van der Waals surface area contributed by atoms with Gasteiger partial charge in [-0.05, 0) is 114 Å². The van der Waals surface area contributed by atoms with Gasteiger partial charge in [-0.15, -0.1) is 0 Å². The number of isothiocyanates is 2. The van der Waals surface area contributed by atoms with E-state index in [1.165, 1.54) is 6.07 Å². The van der Waals surface area contributed by atoms with E-state index in [1.54, 1.807) is 6.07 Å². The van der Waals surface area contributed by atoms with E-state index in [0.29, 0.717) is 17.0 Å². The Morgan fingerprint density at radius 2 is 1.27 bits per heavy atom. The van der Waals surface area contributed by atoms with Crippen molar-refractivity contribution >= 4 is 74.2 Å². The van der Waals surface area contributed by atoms with Crippen molar-refractivity contribution in [1.29, 1.82) is 0 Å². The molecule has 0 radical (unpaired) electrons. The number of aliphatic imine (C=N–C) groups is 2. The van der Waals surface area contributed by atoms with E-state index in [0.717, 1.165) is 67.2 Å². The number of hydrogen-bond acceptors (Lipinski definition) is 8. The van der Waals surface area contributed by atoms with Crippen LogP contribution in [0.25, 0.3) is 44.4 Å². The van der Waals surface area contributed by atoms with Crippen LogP contribution in [0.2, 0.25) is 0 Å². The number of rotatable bonds is 4. The maximum Gasteiger partial charge on any atom is 0.209 e. The Morgan fingerprint density at radius 3 is 1.91 bits per heavy atom. The molecule has 0 atom stereocenters. The smallest absolute Gasteiger partial charge is 0.209 e. The highest BCUT2D eigenvalue weighted by molar-refractivity contribution is 7.78. The Bertz CT molecular complexity index is 2330. The molecule has 8 rings (SSSR count). The van der Waals surface area contributed by atoms with Gasteiger partial charge >= 0.3 is 0 Å². The van der Waals surface area contributed by atoms with Crippen molar-refractivity contribution in [2.24, 2.45) is 9.98 Å². The molecule has 5 aromatic carbocycles. The van der Waals surface area contributed by atoms with Gasteiger partial charge in [0.2, 0.25) is 11.6 Å². The fraction of sp³-hybridized carbons (Fsp3) is 0.0556. The van der Waals surface area contributed by atoms with Crippen molar-refractivity contribution in [2.45, 2.75) is 13.8 Å². The van der Waals surface area contributed by atoms with Gasteiger partial charge in [-0.3, -0.25) is 0 Å². The lowest BCUT2D eigenvalue weighted by Gasteiger charge is -2.34. The number of ether oxygens (including phenoxy) is 1. The van der Waals surface area contributed by atoms with E-state index in [1.807, 2.05) is 48.5 Å². The maximum atomic E-state index is 15.4. The Morgan fingerprint density at radius 1 is 0.667 bits per heavy atom. The molecule has 6 aromatic rings. The minimum Gasteiger partial charge on any atom is -0.453 e. The lowest BCUT2D eigenvalue weighted by atomic mass is 9.90. The van der Waals surface area contributed by atoms with E-state index in [2.05, 4.69) is 73.3 Å². The summed E-state index contributed by atoms with van der Waals surface area (Å²) >= 11 is 9.61. The fourth-order valence-corrected chi connectivity index (χ4v) is 6.57. The molecule has 45 heavy (non-hydrogen) atoms. The van der Waals surface area contributed by atoms with Crippen LogP contribution in [0.1, 0.15) is 11.1 Å². The lowest BCUT2D eigenvalue weighted by molar-refractivity contribution is 0.477. The van der Waals surface area contributed by atoms with Gasteiger partial charge in [0, 0.05) is 22.2 Å². The zero-order chi connectivity index (χ0) is 30.8. The third-order valence-electron chi connectivity index (χ3n) is 8.26. The average molecular weight is 622 g/mol. The molecule has 0 N–H and O–H groups in total. The fourth-order valence-electron chi connectivity index (χ4n) is 6.39. The average Bonchev–Trinajstić information content (AvgIpc) is 3.34. The van der Waals surface area contributed by atoms with Crippen molar-refractivity contribution in [3.05, 3.63) is 102 Å². The SMILES string of the molecule is Cc1cc(N2c3ccccc3Oc3ccccc32)c(C)cc1-c1ccc2c3c(cc(F)cc13)-c1nc(N=C=S)c(N=C=S)nc1-2. The molecule has 0 saturated carbocycles. The molecule has 1 aliphatic carbocycles. The molecule has 0 spiro atoms. The normalized spacial score (nSPS) is 12.0. The summed E-state index contributed by atoms with van der Waals surface area (Å²) in [5, 5.41) is 6.26. The van der Waals surface area contributed by atoms with Crippen molar-refractivity contribution < 1.29 is 9.13 Å². The van der Waals surface area contributed by atoms with Crippen LogP contribution in [0.4, 0.5) is 33.1 Å². The molecule has 9 heteroatoms. The molecular formula is C36H20FN5OS2. The van der Waals surface area contributed by atoms with Crippen molar-refractivity contribution in [3.8, 4) is 45.1 Å². The molecule has 6 nitrogen and oxygen atoms in total. The number of thiocarbonyl (C=S) groups is 2. The predicted octanol–water partition coefficient (Wildman–Crippen LogP) is 10.7. The zero-order valence-corrected chi connectivity index (χ0v) is 25.6. The highest BCUT2D eigenvalue weighted by Crippen LogP contribution is 2.53. The Balaban J connectivity index is 1.32. The highest BCUT2D eigenvalue weighted by Gasteiger charge is 2.30. The van der Waals surface area contributed by atoms with Crippen LogP contribution in [0.3, 0.4) is 0 Å². The van der Waals surface area contributed by atoms with Crippen molar-refractivity contribution in [3.63, 3.8) is 0 Å². The number of halogens is 1. The summed E-state index contributed by atoms with van der Waals surface area (Å²) in [5.41, 5.74) is 9.53. The number of fused-ring (bicyclic) bond motifs is 5. The number of anilines is 3. The van der Waals surface area contributed by atoms with Gasteiger partial charge < -0.3 is 9.64 Å². The maximum absolute atomic E-state index is 15.4. The number of benzene rings is 5. The van der Waals surface area contributed by atoms with E-state index in [9.17, 15) is 0 Å². The van der Waals surface area contributed by atoms with Gasteiger partial charge in [-0.2, -0.15) is 9.98 Å². The van der Waals surface area contributed by atoms with Gasteiger partial charge in [-0.1, -0.05) is 36.4 Å². The largest absolute Gasteiger partial charge is 0.453 e. The van der Waals surface area contributed by atoms with E-state index < -0.39 is 0 Å². The molecule has 2 aliphatic rings. The molecule has 214 valence electrons. The monoisotopic (exact) mass is 621 g/mol. The van der Waals surface area contributed by atoms with Crippen LogP contribution in [0, 0.1) is 19.7 Å². The quantitative estimate of drug-likeness (QED) is 0.144. The van der Waals surface area contributed by atoms with Crippen LogP contribution in [-0.2, 0) is 0 Å². The Hall–Kier alpha value is -5.43. The number of aromatic nitrogens is 2. The van der Waals surface area contributed by atoms with Crippen LogP contribution < -0.4 is 9.64 Å². The van der Waals surface area contributed by atoms with Crippen molar-refractivity contribution in [2.75, 3.05) is 4.90 Å². The molecular weight excluding hydrogens is 602 g/mol. The molecule has 0 fully saturated rings. The van der Waals surface area contributed by atoms with Crippen LogP contribution in [0.5, 0.6) is 11.5 Å². The summed E-state index contributed by atoms with van der Waals surface area (Å²) in [7, 11) is 0. The summed E-state index contributed by atoms with van der Waals surface area (Å²) in [6.45, 7) is 4.18. The molecule has 0 amide bonds. The molecule has 0 unspecified atom stereocenters. The molecule has 2 heterocycles. The summed E-state index contributed by atoms with van der Waals surface area (Å²) in [6, 6.07) is 27.5. The Kier molecular flexibility index (Phi) is 6.24. The molecule has 1 aliphatic heterocycles. The second kappa shape index (κ2) is 10.3. The van der Waals surface area contributed by atoms with Crippen LogP contribution in [0.15, 0.2) is 94.9 Å². The third kappa shape index (κ3) is 4.14. The molecule has 1 aromatic heterocycles. The molecule has 0 saturated heterocycles. The first-order valence-corrected chi connectivity index (χ1v) is 14.9. The minimum atomic E-state index is -0.376. The van der Waals surface area contributed by atoms with Gasteiger partial charge in [0.1, 0.15) is 11.5 Å². The van der Waals surface area contributed by atoms with Crippen LogP contribution in [-0.4, -0.2) is 20.3 Å². The van der Waals surface area contributed by atoms with E-state index >= 15 is 4.39 Å². The first kappa shape index (κ1) is 27.1. The Labute approximate surface area is 268 Å². The van der Waals surface area contributed by atoms with Gasteiger partial charge in [0.15, 0.2) is 11.5 Å². The van der Waals surface area contributed by atoms with Gasteiger partial charge in [0.05, 0.1) is 27.4 Å². The number of hydrogen-bond donors (Lipinski definition) is 0. The second-order valence-electron chi connectivity index (χ2n) is 10.8. The number of para-hydroxylation sites is 4. The standard InChI is InChI=1S/C36H20FN5OS2/c1-19-14-29(42-27-7-3-5-9-30(27)43-31-10-6-4-8-28(31)42)20(2)13-24(19)22-11-12-23-32-25(22)15-21(37)16-26(32)34-33(23)40-35(38-17-44)36(41-34)39-18-45/h3-16H,1-2H3. The second-order valence-corrected chi connectivity index (χ2v) is 11.2. The van der Waals surface area contributed by atoms with E-state index in [4.69, 9.17) is 29.2 Å². The number of aryl methyl sites for hydroxylation is 2. The van der Waals surface area contributed by atoms with Crippen molar-refractivity contribution in [1.82, 2.24) is 9.97 Å². The van der Waals surface area contributed by atoms with E-state index in [-0.39, 0.29) is 17.5 Å². The summed E-state index contributed by atoms with van der Waals surface area (Å²) < 4.78 is 21.6. The third-order valence-corrected chi connectivity index (χ3v) is 8.44. The van der Waals surface area contributed by atoms with Gasteiger partial charge in [-0.25, -0.2) is 14.4 Å².